The Kier molecular flexibility index (Phi) is 8.51. The maximum absolute atomic E-state index is 12.0. The molecule has 1 saturated heterocycles. The minimum absolute atomic E-state index is 0.155. The van der Waals surface area contributed by atoms with E-state index in [9.17, 15) is 14.7 Å². The highest BCUT2D eigenvalue weighted by Gasteiger charge is 2.40. The molecule has 0 aromatic heterocycles. The van der Waals surface area contributed by atoms with Gasteiger partial charge in [-0.05, 0) is 12.8 Å². The summed E-state index contributed by atoms with van der Waals surface area (Å²) in [5, 5.41) is 13.3. The molecule has 0 aromatic carbocycles. The summed E-state index contributed by atoms with van der Waals surface area (Å²) in [4.78, 5) is 25.6. The predicted octanol–water partition coefficient (Wildman–Crippen LogP) is 0.308. The largest absolute Gasteiger partial charge is 0.467 e. The van der Waals surface area contributed by atoms with Crippen molar-refractivity contribution < 1.29 is 24.2 Å². The summed E-state index contributed by atoms with van der Waals surface area (Å²) in [5.74, 6) is -0.809. The highest BCUT2D eigenvalue weighted by Crippen LogP contribution is 2.21. The molecule has 1 aliphatic rings. The van der Waals surface area contributed by atoms with Gasteiger partial charge in [-0.25, -0.2) is 4.79 Å². The molecule has 134 valence electrons. The molecule has 0 radical (unpaired) electrons. The third-order valence-corrected chi connectivity index (χ3v) is 4.18. The lowest BCUT2D eigenvalue weighted by atomic mass is 9.94. The summed E-state index contributed by atoms with van der Waals surface area (Å²) in [7, 11) is 2.84. The van der Waals surface area contributed by atoms with Gasteiger partial charge in [0.25, 0.3) is 0 Å². The van der Waals surface area contributed by atoms with Crippen LogP contribution in [-0.4, -0.2) is 74.0 Å². The minimum Gasteiger partial charge on any atom is -0.467 e. The number of aliphatic hydroxyl groups is 1. The van der Waals surface area contributed by atoms with Gasteiger partial charge in [-0.15, -0.1) is 0 Å². The van der Waals surface area contributed by atoms with Crippen LogP contribution in [0.3, 0.4) is 0 Å². The van der Waals surface area contributed by atoms with Gasteiger partial charge in [-0.1, -0.05) is 26.2 Å². The van der Waals surface area contributed by atoms with Crippen molar-refractivity contribution in [1.82, 2.24) is 10.2 Å². The van der Waals surface area contributed by atoms with Crippen LogP contribution in [0.25, 0.3) is 0 Å². The van der Waals surface area contributed by atoms with Crippen LogP contribution in [0.15, 0.2) is 0 Å². The molecule has 2 N–H and O–H groups in total. The number of amides is 1. The first kappa shape index (κ1) is 19.9. The average molecular weight is 330 g/mol. The second-order valence-corrected chi connectivity index (χ2v) is 6.04. The highest BCUT2D eigenvalue weighted by molar-refractivity contribution is 5.81. The average Bonchev–Trinajstić information content (AvgIpc) is 2.57. The van der Waals surface area contributed by atoms with Crippen LogP contribution in [0.2, 0.25) is 0 Å². The van der Waals surface area contributed by atoms with E-state index in [0.29, 0.717) is 26.1 Å². The number of rotatable bonds is 9. The van der Waals surface area contributed by atoms with Crippen LogP contribution >= 0.6 is 0 Å². The molecule has 1 fully saturated rings. The van der Waals surface area contributed by atoms with E-state index in [1.54, 1.807) is 7.05 Å². The molecule has 1 rings (SSSR count). The van der Waals surface area contributed by atoms with Crippen molar-refractivity contribution in [3.05, 3.63) is 0 Å². The fourth-order valence-electron chi connectivity index (χ4n) is 2.82. The first-order chi connectivity index (χ1) is 11.0. The van der Waals surface area contributed by atoms with E-state index in [0.717, 1.165) is 25.7 Å². The Morgan fingerprint density at radius 3 is 2.74 bits per heavy atom. The van der Waals surface area contributed by atoms with Crippen LogP contribution < -0.4 is 5.32 Å². The smallest absolute Gasteiger partial charge is 0.339 e. The lowest BCUT2D eigenvalue weighted by molar-refractivity contribution is -0.168. The van der Waals surface area contributed by atoms with Crippen LogP contribution in [0, 0.1) is 0 Å². The van der Waals surface area contributed by atoms with Gasteiger partial charge in [0.15, 0.2) is 5.60 Å². The number of ether oxygens (including phenoxy) is 2. The van der Waals surface area contributed by atoms with Crippen molar-refractivity contribution >= 4 is 11.9 Å². The second kappa shape index (κ2) is 9.85. The number of hydrogen-bond acceptors (Lipinski definition) is 6. The van der Waals surface area contributed by atoms with Gasteiger partial charge in [-0.3, -0.25) is 9.69 Å². The van der Waals surface area contributed by atoms with Gasteiger partial charge < -0.3 is 19.9 Å². The molecule has 23 heavy (non-hydrogen) atoms. The van der Waals surface area contributed by atoms with Gasteiger partial charge in [0.2, 0.25) is 5.91 Å². The Morgan fingerprint density at radius 2 is 2.13 bits per heavy atom. The molecule has 7 nitrogen and oxygen atoms in total. The molecule has 1 heterocycles. The maximum Gasteiger partial charge on any atom is 0.339 e. The number of morpholine rings is 1. The molecule has 2 atom stereocenters. The molecule has 1 aliphatic heterocycles. The van der Waals surface area contributed by atoms with E-state index in [1.165, 1.54) is 7.11 Å². The van der Waals surface area contributed by atoms with Crippen LogP contribution in [0.5, 0.6) is 0 Å². The van der Waals surface area contributed by atoms with E-state index in [2.05, 4.69) is 12.2 Å². The first-order valence-electron chi connectivity index (χ1n) is 8.33. The molecule has 0 saturated carbocycles. The monoisotopic (exact) mass is 330 g/mol. The number of hydrogen-bond donors (Lipinski definition) is 2. The third-order valence-electron chi connectivity index (χ3n) is 4.18. The van der Waals surface area contributed by atoms with Gasteiger partial charge in [0.05, 0.1) is 13.7 Å². The number of nitrogens with zero attached hydrogens (tertiary/aromatic N) is 1. The van der Waals surface area contributed by atoms with Gasteiger partial charge >= 0.3 is 5.97 Å². The number of β-amino-alcohol motifs (C(OH)–C–C–N with tert-alkyl or cyclic N) is 1. The van der Waals surface area contributed by atoms with E-state index in [-0.39, 0.29) is 12.5 Å². The van der Waals surface area contributed by atoms with E-state index < -0.39 is 17.7 Å². The maximum atomic E-state index is 12.0. The molecule has 0 unspecified atom stereocenters. The fraction of sp³-hybridized carbons (Fsp3) is 0.875. The van der Waals surface area contributed by atoms with E-state index >= 15 is 0 Å². The zero-order valence-electron chi connectivity index (χ0n) is 14.5. The molecular weight excluding hydrogens is 300 g/mol. The molecule has 1 amide bonds. The topological polar surface area (TPSA) is 88.1 Å². The minimum atomic E-state index is -1.53. The zero-order valence-corrected chi connectivity index (χ0v) is 14.5. The molecule has 0 bridgehead atoms. The Bertz CT molecular complexity index is 391. The van der Waals surface area contributed by atoms with Crippen molar-refractivity contribution in [2.24, 2.45) is 0 Å². The van der Waals surface area contributed by atoms with Gasteiger partial charge in [0.1, 0.15) is 6.10 Å². The van der Waals surface area contributed by atoms with Crippen LogP contribution in [-0.2, 0) is 19.1 Å². The summed E-state index contributed by atoms with van der Waals surface area (Å²) in [5.41, 5.74) is -1.53. The fourth-order valence-corrected chi connectivity index (χ4v) is 2.82. The van der Waals surface area contributed by atoms with Crippen LogP contribution in [0.4, 0.5) is 0 Å². The second-order valence-electron chi connectivity index (χ2n) is 6.04. The standard InChI is InChI=1S/C16H30N2O5/c1-4-5-6-7-8-16(21,15(20)22-3)12-18-9-10-23-13(11-18)14(19)17-2/h13,21H,4-12H2,1-3H3,(H,17,19)/t13-,16+/m0/s1. The first-order valence-corrected chi connectivity index (χ1v) is 8.33. The van der Waals surface area contributed by atoms with Gasteiger partial charge in [0, 0.05) is 26.7 Å². The summed E-state index contributed by atoms with van der Waals surface area (Å²) in [6, 6.07) is 0. The molecule has 0 aliphatic carbocycles. The number of unbranched alkanes of at least 4 members (excludes halogenated alkanes) is 3. The van der Waals surface area contributed by atoms with E-state index in [1.807, 2.05) is 4.90 Å². The van der Waals surface area contributed by atoms with Gasteiger partial charge in [-0.2, -0.15) is 0 Å². The van der Waals surface area contributed by atoms with Crippen molar-refractivity contribution in [1.29, 1.82) is 0 Å². The summed E-state index contributed by atoms with van der Waals surface area (Å²) < 4.78 is 10.2. The lowest BCUT2D eigenvalue weighted by Crippen LogP contribution is -2.56. The summed E-state index contributed by atoms with van der Waals surface area (Å²) in [6.07, 6.45) is 3.70. The number of carbonyl (C=O) groups is 2. The summed E-state index contributed by atoms with van der Waals surface area (Å²) >= 11 is 0. The van der Waals surface area contributed by atoms with Crippen molar-refractivity contribution in [2.45, 2.75) is 50.7 Å². The molecule has 7 heteroatoms. The van der Waals surface area contributed by atoms with Crippen molar-refractivity contribution in [3.63, 3.8) is 0 Å². The SMILES string of the molecule is CCCCCC[C@@](O)(CN1CCO[C@H](C(=O)NC)C1)C(=O)OC. The van der Waals surface area contributed by atoms with Crippen molar-refractivity contribution in [2.75, 3.05) is 40.4 Å². The summed E-state index contributed by atoms with van der Waals surface area (Å²) in [6.45, 7) is 3.59. The number of esters is 1. The number of methoxy groups -OCH3 is 1. The Morgan fingerprint density at radius 1 is 1.39 bits per heavy atom. The van der Waals surface area contributed by atoms with E-state index in [4.69, 9.17) is 9.47 Å². The Labute approximate surface area is 138 Å². The number of carbonyl (C=O) groups excluding carboxylic acids is 2. The van der Waals surface area contributed by atoms with Crippen LogP contribution in [0.1, 0.15) is 39.0 Å². The highest BCUT2D eigenvalue weighted by atomic mass is 16.5. The molecule has 0 aromatic rings. The lowest BCUT2D eigenvalue weighted by Gasteiger charge is -2.36. The Hall–Kier alpha value is -1.18. The molecule has 0 spiro atoms. The number of likely N-dealkylation sites (N-methyl/N-ethyl adjacent to an activating group) is 1. The third kappa shape index (κ3) is 6.08. The predicted molar refractivity (Wildman–Crippen MR) is 86.0 cm³/mol. The zero-order chi connectivity index (χ0) is 17.3. The van der Waals surface area contributed by atoms with Crippen molar-refractivity contribution in [3.8, 4) is 0 Å². The number of nitrogens with one attached hydrogen (secondary N) is 1. The molecular formula is C16H30N2O5. The normalized spacial score (nSPS) is 21.5. The Balaban J connectivity index is 2.64. The quantitative estimate of drug-likeness (QED) is 0.467.